The number of halogens is 1. The van der Waals surface area contributed by atoms with Crippen LogP contribution in [0.2, 0.25) is 19.6 Å². The maximum atomic E-state index is 3.30. The summed E-state index contributed by atoms with van der Waals surface area (Å²) in [5.74, 6) is 3.18. The summed E-state index contributed by atoms with van der Waals surface area (Å²) in [5, 5.41) is 0. The van der Waals surface area contributed by atoms with Crippen molar-refractivity contribution in [3.63, 3.8) is 0 Å². The average molecular weight is 252 g/mol. The molecule has 0 N–H and O–H groups in total. The lowest BCUT2D eigenvalue weighted by molar-refractivity contribution is 1.36. The summed E-state index contributed by atoms with van der Waals surface area (Å²) < 4.78 is 0.509. The SMILES string of the molecule is CC(I)C#C[Si](C)(C)C. The molecule has 0 saturated carbocycles. The van der Waals surface area contributed by atoms with Crippen LogP contribution in [0.25, 0.3) is 0 Å². The second-order valence-corrected chi connectivity index (χ2v) is 9.75. The Balaban J connectivity index is 3.88. The third-order valence-electron chi connectivity index (χ3n) is 0.646. The van der Waals surface area contributed by atoms with Gasteiger partial charge >= 0.3 is 0 Å². The molecule has 0 aliphatic heterocycles. The zero-order valence-electron chi connectivity index (χ0n) is 6.46. The van der Waals surface area contributed by atoms with Crippen LogP contribution in [0.1, 0.15) is 6.92 Å². The second-order valence-electron chi connectivity index (χ2n) is 3.14. The van der Waals surface area contributed by atoms with Crippen molar-refractivity contribution in [1.82, 2.24) is 0 Å². The molecule has 0 aromatic carbocycles. The molecule has 0 aliphatic rings. The lowest BCUT2D eigenvalue weighted by Crippen LogP contribution is -2.16. The Morgan fingerprint density at radius 1 is 1.33 bits per heavy atom. The highest BCUT2D eigenvalue weighted by molar-refractivity contribution is 14.1. The van der Waals surface area contributed by atoms with Gasteiger partial charge in [-0.25, -0.2) is 0 Å². The Morgan fingerprint density at radius 2 is 1.78 bits per heavy atom. The molecule has 0 aliphatic carbocycles. The highest BCUT2D eigenvalue weighted by Gasteiger charge is 2.07. The summed E-state index contributed by atoms with van der Waals surface area (Å²) in [4.78, 5) is 0. The fourth-order valence-corrected chi connectivity index (χ4v) is 1.41. The first-order valence-electron chi connectivity index (χ1n) is 3.08. The minimum absolute atomic E-state index is 0.509. The number of hydrogen-bond acceptors (Lipinski definition) is 0. The largest absolute Gasteiger partial charge is 0.131 e. The molecule has 0 spiro atoms. The standard InChI is InChI=1S/C7H13ISi/c1-7(8)5-6-9(2,3)4/h7H,1-4H3. The van der Waals surface area contributed by atoms with Gasteiger partial charge in [-0.15, -0.1) is 5.54 Å². The van der Waals surface area contributed by atoms with E-state index in [1.807, 2.05) is 0 Å². The Kier molecular flexibility index (Phi) is 3.82. The minimum Gasteiger partial charge on any atom is -0.131 e. The maximum Gasteiger partial charge on any atom is 0.129 e. The van der Waals surface area contributed by atoms with Gasteiger partial charge in [-0.05, 0) is 6.92 Å². The van der Waals surface area contributed by atoms with Gasteiger partial charge in [0.2, 0.25) is 0 Å². The Morgan fingerprint density at radius 3 is 1.89 bits per heavy atom. The van der Waals surface area contributed by atoms with Gasteiger partial charge in [0.05, 0.1) is 3.92 Å². The van der Waals surface area contributed by atoms with Crippen LogP contribution in [-0.4, -0.2) is 12.0 Å². The Labute approximate surface area is 72.6 Å². The van der Waals surface area contributed by atoms with Gasteiger partial charge in [0.25, 0.3) is 0 Å². The maximum absolute atomic E-state index is 3.30. The second kappa shape index (κ2) is 3.62. The number of rotatable bonds is 0. The molecule has 1 atom stereocenters. The average Bonchev–Trinajstić information content (AvgIpc) is 1.59. The highest BCUT2D eigenvalue weighted by atomic mass is 127. The van der Waals surface area contributed by atoms with Crippen molar-refractivity contribution in [2.24, 2.45) is 0 Å². The van der Waals surface area contributed by atoms with Crippen LogP contribution < -0.4 is 0 Å². The third kappa shape index (κ3) is 8.51. The summed E-state index contributed by atoms with van der Waals surface area (Å²) in [6.07, 6.45) is 0. The Hall–Kier alpha value is 0.507. The molecule has 2 heteroatoms. The van der Waals surface area contributed by atoms with Crippen LogP contribution >= 0.6 is 22.6 Å². The lowest BCUT2D eigenvalue weighted by Gasteiger charge is -2.03. The molecule has 0 fully saturated rings. The fraction of sp³-hybridized carbons (Fsp3) is 0.714. The first-order chi connectivity index (χ1) is 3.92. The predicted octanol–water partition coefficient (Wildman–Crippen LogP) is 2.69. The van der Waals surface area contributed by atoms with Crippen molar-refractivity contribution in [2.75, 3.05) is 0 Å². The summed E-state index contributed by atoms with van der Waals surface area (Å²) in [6.45, 7) is 8.91. The van der Waals surface area contributed by atoms with E-state index in [2.05, 4.69) is 60.6 Å². The highest BCUT2D eigenvalue weighted by Crippen LogP contribution is 1.99. The summed E-state index contributed by atoms with van der Waals surface area (Å²) >= 11 is 2.33. The molecule has 0 aromatic heterocycles. The fourth-order valence-electron chi connectivity index (χ4n) is 0.316. The van der Waals surface area contributed by atoms with Crippen molar-refractivity contribution >= 4 is 30.7 Å². The van der Waals surface area contributed by atoms with Gasteiger partial charge in [0.15, 0.2) is 0 Å². The van der Waals surface area contributed by atoms with E-state index in [4.69, 9.17) is 0 Å². The van der Waals surface area contributed by atoms with E-state index < -0.39 is 8.07 Å². The van der Waals surface area contributed by atoms with Gasteiger partial charge in [-0.3, -0.25) is 0 Å². The van der Waals surface area contributed by atoms with Gasteiger partial charge in [-0.2, -0.15) is 0 Å². The molecular formula is C7H13ISi. The van der Waals surface area contributed by atoms with Crippen LogP contribution in [0.15, 0.2) is 0 Å². The molecule has 0 rings (SSSR count). The first kappa shape index (κ1) is 9.51. The van der Waals surface area contributed by atoms with Crippen LogP contribution in [0.5, 0.6) is 0 Å². The minimum atomic E-state index is -1.09. The van der Waals surface area contributed by atoms with Gasteiger partial charge in [0, 0.05) is 0 Å². The van der Waals surface area contributed by atoms with Crippen molar-refractivity contribution in [1.29, 1.82) is 0 Å². The molecule has 0 saturated heterocycles. The number of hydrogen-bond donors (Lipinski definition) is 0. The third-order valence-corrected chi connectivity index (χ3v) is 1.85. The van der Waals surface area contributed by atoms with E-state index in [0.29, 0.717) is 3.92 Å². The van der Waals surface area contributed by atoms with Gasteiger partial charge < -0.3 is 0 Å². The van der Waals surface area contributed by atoms with Crippen LogP contribution in [0.4, 0.5) is 0 Å². The smallest absolute Gasteiger partial charge is 0.129 e. The van der Waals surface area contributed by atoms with Gasteiger partial charge in [0.1, 0.15) is 8.07 Å². The summed E-state index contributed by atoms with van der Waals surface area (Å²) in [7, 11) is -1.09. The van der Waals surface area contributed by atoms with E-state index in [0.717, 1.165) is 0 Å². The van der Waals surface area contributed by atoms with Crippen LogP contribution in [0, 0.1) is 11.5 Å². The molecule has 0 heterocycles. The molecule has 0 aromatic rings. The van der Waals surface area contributed by atoms with Crippen molar-refractivity contribution in [3.8, 4) is 11.5 Å². The molecule has 0 nitrogen and oxygen atoms in total. The molecule has 1 unspecified atom stereocenters. The zero-order chi connectivity index (χ0) is 7.49. The van der Waals surface area contributed by atoms with Gasteiger partial charge in [-0.1, -0.05) is 48.2 Å². The monoisotopic (exact) mass is 252 g/mol. The van der Waals surface area contributed by atoms with Crippen molar-refractivity contribution in [2.45, 2.75) is 30.5 Å². The zero-order valence-corrected chi connectivity index (χ0v) is 9.61. The van der Waals surface area contributed by atoms with E-state index in [-0.39, 0.29) is 0 Å². The summed E-state index contributed by atoms with van der Waals surface area (Å²) in [5.41, 5.74) is 3.30. The van der Waals surface area contributed by atoms with E-state index in [1.165, 1.54) is 0 Å². The molecule has 0 radical (unpaired) electrons. The predicted molar refractivity (Wildman–Crippen MR) is 54.6 cm³/mol. The summed E-state index contributed by atoms with van der Waals surface area (Å²) in [6, 6.07) is 0. The molecule has 52 valence electrons. The van der Waals surface area contributed by atoms with Crippen molar-refractivity contribution < 1.29 is 0 Å². The van der Waals surface area contributed by atoms with Crippen LogP contribution in [-0.2, 0) is 0 Å². The molecule has 0 bridgehead atoms. The lowest BCUT2D eigenvalue weighted by atomic mass is 10.5. The van der Waals surface area contributed by atoms with E-state index in [9.17, 15) is 0 Å². The van der Waals surface area contributed by atoms with Crippen LogP contribution in [0.3, 0.4) is 0 Å². The first-order valence-corrected chi connectivity index (χ1v) is 7.83. The molecule has 0 amide bonds. The molecular weight excluding hydrogens is 239 g/mol. The molecule has 9 heavy (non-hydrogen) atoms. The van der Waals surface area contributed by atoms with E-state index in [1.54, 1.807) is 0 Å². The quantitative estimate of drug-likeness (QED) is 0.269. The van der Waals surface area contributed by atoms with Crippen molar-refractivity contribution in [3.05, 3.63) is 0 Å². The Bertz CT molecular complexity index is 133. The topological polar surface area (TPSA) is 0 Å². The van der Waals surface area contributed by atoms with E-state index >= 15 is 0 Å². The number of alkyl halides is 1. The normalized spacial score (nSPS) is 13.9.